The summed E-state index contributed by atoms with van der Waals surface area (Å²) in [5.74, 6) is 0. The normalized spacial score (nSPS) is 12.1. The van der Waals surface area contributed by atoms with Crippen molar-refractivity contribution < 1.29 is 4.42 Å². The van der Waals surface area contributed by atoms with Crippen LogP contribution in [0.4, 0.5) is 0 Å². The van der Waals surface area contributed by atoms with Gasteiger partial charge in [-0.3, -0.25) is 0 Å². The summed E-state index contributed by atoms with van der Waals surface area (Å²) in [7, 11) is 0. The molecule has 3 heterocycles. The first kappa shape index (κ1) is 21.1. The maximum atomic E-state index is 6.38. The SMILES string of the molecule is c1ccc2c(c1)oc1c(-c3ccc4c(c3)c3ccccc3n4-c3ccc4sc5ccccc5c4c3)cccc12. The number of hydrogen-bond donors (Lipinski definition) is 0. The fraction of sp³-hybridized carbons (Fsp3) is 0. The van der Waals surface area contributed by atoms with E-state index in [1.165, 1.54) is 47.7 Å². The highest BCUT2D eigenvalue weighted by atomic mass is 32.1. The second-order valence-corrected chi connectivity index (χ2v) is 11.2. The Balaban J connectivity index is 1.31. The smallest absolute Gasteiger partial charge is 0.143 e. The van der Waals surface area contributed by atoms with E-state index in [9.17, 15) is 0 Å². The highest BCUT2D eigenvalue weighted by Crippen LogP contribution is 2.40. The summed E-state index contributed by atoms with van der Waals surface area (Å²) in [5, 5.41) is 7.44. The van der Waals surface area contributed by atoms with E-state index in [4.69, 9.17) is 4.42 Å². The van der Waals surface area contributed by atoms with Gasteiger partial charge in [-0.25, -0.2) is 0 Å². The second kappa shape index (κ2) is 7.83. The molecule has 0 amide bonds. The van der Waals surface area contributed by atoms with Crippen molar-refractivity contribution in [3.8, 4) is 16.8 Å². The molecule has 0 atom stereocenters. The standard InChI is InChI=1S/C36H21NOS/c1-4-13-31-25(8-1)29-20-22(24-11-7-12-28-26-9-2-5-14-33(26)38-36(24)28)16-18-32(29)37(31)23-17-19-35-30(21-23)27-10-3-6-15-34(27)39-35/h1-21H. The predicted molar refractivity (Wildman–Crippen MR) is 166 cm³/mol. The molecule has 182 valence electrons. The molecule has 6 aromatic carbocycles. The van der Waals surface area contributed by atoms with Crippen LogP contribution < -0.4 is 0 Å². The van der Waals surface area contributed by atoms with Crippen LogP contribution in [-0.4, -0.2) is 4.57 Å². The lowest BCUT2D eigenvalue weighted by Gasteiger charge is -2.09. The lowest BCUT2D eigenvalue weighted by molar-refractivity contribution is 0.670. The van der Waals surface area contributed by atoms with Crippen molar-refractivity contribution in [2.45, 2.75) is 0 Å². The van der Waals surface area contributed by atoms with Crippen molar-refractivity contribution in [2.24, 2.45) is 0 Å². The van der Waals surface area contributed by atoms with Gasteiger partial charge in [-0.05, 0) is 54.1 Å². The van der Waals surface area contributed by atoms with Crippen LogP contribution in [0.15, 0.2) is 132 Å². The van der Waals surface area contributed by atoms with Gasteiger partial charge in [-0.2, -0.15) is 0 Å². The molecule has 2 nitrogen and oxygen atoms in total. The maximum Gasteiger partial charge on any atom is 0.143 e. The van der Waals surface area contributed by atoms with Gasteiger partial charge in [0, 0.05) is 53.0 Å². The molecule has 0 unspecified atom stereocenters. The molecule has 39 heavy (non-hydrogen) atoms. The number of hydrogen-bond acceptors (Lipinski definition) is 2. The van der Waals surface area contributed by atoms with Crippen LogP contribution in [0, 0.1) is 0 Å². The lowest BCUT2D eigenvalue weighted by atomic mass is 10.0. The molecule has 0 radical (unpaired) electrons. The topological polar surface area (TPSA) is 18.1 Å². The summed E-state index contributed by atoms with van der Waals surface area (Å²) in [6.45, 7) is 0. The predicted octanol–water partition coefficient (Wildman–Crippen LogP) is 10.7. The Hall–Kier alpha value is -4.86. The quantitative estimate of drug-likeness (QED) is 0.224. The number of fused-ring (bicyclic) bond motifs is 9. The van der Waals surface area contributed by atoms with E-state index >= 15 is 0 Å². The van der Waals surface area contributed by atoms with Gasteiger partial charge in [0.1, 0.15) is 11.2 Å². The molecule has 0 fully saturated rings. The fourth-order valence-corrected chi connectivity index (χ4v) is 7.33. The van der Waals surface area contributed by atoms with Gasteiger partial charge in [-0.15, -0.1) is 11.3 Å². The van der Waals surface area contributed by atoms with Crippen molar-refractivity contribution >= 4 is 75.3 Å². The third-order valence-electron chi connectivity index (χ3n) is 8.01. The minimum atomic E-state index is 0.925. The largest absolute Gasteiger partial charge is 0.455 e. The van der Waals surface area contributed by atoms with Crippen molar-refractivity contribution in [3.63, 3.8) is 0 Å². The molecule has 9 aromatic rings. The van der Waals surface area contributed by atoms with Crippen LogP contribution in [0.3, 0.4) is 0 Å². The van der Waals surface area contributed by atoms with Crippen molar-refractivity contribution in [3.05, 3.63) is 127 Å². The Kier molecular flexibility index (Phi) is 4.24. The van der Waals surface area contributed by atoms with Crippen LogP contribution in [0.2, 0.25) is 0 Å². The van der Waals surface area contributed by atoms with Crippen LogP contribution in [0.1, 0.15) is 0 Å². The third-order valence-corrected chi connectivity index (χ3v) is 9.16. The summed E-state index contributed by atoms with van der Waals surface area (Å²) in [4.78, 5) is 0. The number of benzene rings is 6. The summed E-state index contributed by atoms with van der Waals surface area (Å²) < 4.78 is 11.4. The highest BCUT2D eigenvalue weighted by Gasteiger charge is 2.17. The average molecular weight is 516 g/mol. The Labute approximate surface area is 227 Å². The average Bonchev–Trinajstić information content (AvgIpc) is 3.66. The van der Waals surface area contributed by atoms with Gasteiger partial charge in [-0.1, -0.05) is 78.9 Å². The van der Waals surface area contributed by atoms with Crippen LogP contribution >= 0.6 is 11.3 Å². The number of nitrogens with zero attached hydrogens (tertiary/aromatic N) is 1. The molecule has 0 spiro atoms. The van der Waals surface area contributed by atoms with Crippen LogP contribution in [-0.2, 0) is 0 Å². The van der Waals surface area contributed by atoms with E-state index in [2.05, 4.69) is 120 Å². The van der Waals surface area contributed by atoms with Crippen molar-refractivity contribution in [2.75, 3.05) is 0 Å². The summed E-state index contributed by atoms with van der Waals surface area (Å²) in [5.41, 5.74) is 7.75. The van der Waals surface area contributed by atoms with Crippen LogP contribution in [0.5, 0.6) is 0 Å². The van der Waals surface area contributed by atoms with E-state index in [-0.39, 0.29) is 0 Å². The molecule has 0 aliphatic carbocycles. The maximum absolute atomic E-state index is 6.38. The number of rotatable bonds is 2. The molecule has 0 aliphatic rings. The summed E-state index contributed by atoms with van der Waals surface area (Å²) in [6, 6.07) is 45.9. The monoisotopic (exact) mass is 515 g/mol. The Bertz CT molecular complexity index is 2400. The number of furan rings is 1. The molecular formula is C36H21NOS. The first-order valence-electron chi connectivity index (χ1n) is 13.2. The van der Waals surface area contributed by atoms with Crippen molar-refractivity contribution in [1.29, 1.82) is 0 Å². The van der Waals surface area contributed by atoms with Gasteiger partial charge < -0.3 is 8.98 Å². The van der Waals surface area contributed by atoms with E-state index in [0.29, 0.717) is 0 Å². The third kappa shape index (κ3) is 2.96. The zero-order valence-electron chi connectivity index (χ0n) is 20.9. The summed E-state index contributed by atoms with van der Waals surface area (Å²) in [6.07, 6.45) is 0. The Morgan fingerprint density at radius 2 is 1.23 bits per heavy atom. The van der Waals surface area contributed by atoms with Gasteiger partial charge in [0.15, 0.2) is 0 Å². The lowest BCUT2D eigenvalue weighted by Crippen LogP contribution is -1.93. The molecule has 0 bridgehead atoms. The van der Waals surface area contributed by atoms with Crippen molar-refractivity contribution in [1.82, 2.24) is 4.57 Å². The molecule has 0 aliphatic heterocycles. The Morgan fingerprint density at radius 1 is 0.487 bits per heavy atom. The van der Waals surface area contributed by atoms with Gasteiger partial charge >= 0.3 is 0 Å². The number of aromatic nitrogens is 1. The zero-order valence-corrected chi connectivity index (χ0v) is 21.7. The van der Waals surface area contributed by atoms with E-state index in [1.54, 1.807) is 0 Å². The molecule has 0 saturated carbocycles. The molecule has 0 N–H and O–H groups in total. The number of thiophene rings is 1. The van der Waals surface area contributed by atoms with Gasteiger partial charge in [0.2, 0.25) is 0 Å². The zero-order chi connectivity index (χ0) is 25.5. The first-order chi connectivity index (χ1) is 19.3. The first-order valence-corrected chi connectivity index (χ1v) is 14.0. The van der Waals surface area contributed by atoms with E-state index < -0.39 is 0 Å². The molecule has 3 aromatic heterocycles. The molecular weight excluding hydrogens is 494 g/mol. The highest BCUT2D eigenvalue weighted by molar-refractivity contribution is 7.25. The number of para-hydroxylation sites is 3. The fourth-order valence-electron chi connectivity index (χ4n) is 6.25. The molecule has 0 saturated heterocycles. The van der Waals surface area contributed by atoms with E-state index in [1.807, 2.05) is 23.5 Å². The summed E-state index contributed by atoms with van der Waals surface area (Å²) >= 11 is 1.86. The minimum Gasteiger partial charge on any atom is -0.455 e. The van der Waals surface area contributed by atoms with Crippen LogP contribution in [0.25, 0.3) is 80.7 Å². The van der Waals surface area contributed by atoms with E-state index in [0.717, 1.165) is 33.1 Å². The van der Waals surface area contributed by atoms with Gasteiger partial charge in [0.05, 0.1) is 11.0 Å². The Morgan fingerprint density at radius 3 is 2.18 bits per heavy atom. The van der Waals surface area contributed by atoms with Gasteiger partial charge in [0.25, 0.3) is 0 Å². The second-order valence-electron chi connectivity index (χ2n) is 10.1. The molecule has 9 rings (SSSR count). The molecule has 3 heteroatoms. The minimum absolute atomic E-state index is 0.925.